The number of aromatic nitrogens is 2. The lowest BCUT2D eigenvalue weighted by atomic mass is 9.88. The third kappa shape index (κ3) is 7.12. The van der Waals surface area contributed by atoms with Gasteiger partial charge in [0.15, 0.2) is 0 Å². The number of amides is 1. The predicted molar refractivity (Wildman–Crippen MR) is 129 cm³/mol. The average molecular weight is 445 g/mol. The molecule has 0 radical (unpaired) electrons. The monoisotopic (exact) mass is 444 g/mol. The van der Waals surface area contributed by atoms with E-state index in [4.69, 9.17) is 4.74 Å². The minimum Gasteiger partial charge on any atom is -0.492 e. The molecule has 2 aromatic heterocycles. The molecule has 0 saturated carbocycles. The number of carbonyl (C=O) groups is 1. The van der Waals surface area contributed by atoms with Gasteiger partial charge >= 0.3 is 0 Å². The number of carbonyl (C=O) groups excluding carboxylic acids is 1. The molecule has 0 unspecified atom stereocenters. The van der Waals surface area contributed by atoms with Crippen LogP contribution in [0.25, 0.3) is 0 Å². The molecule has 3 aromatic rings. The molecule has 6 nitrogen and oxygen atoms in total. The molecule has 1 N–H and O–H groups in total. The van der Waals surface area contributed by atoms with Crippen LogP contribution in [0.5, 0.6) is 5.75 Å². The van der Waals surface area contributed by atoms with Crippen LogP contribution in [0, 0.1) is 18.8 Å². The van der Waals surface area contributed by atoms with Gasteiger partial charge in [0.1, 0.15) is 5.75 Å². The first kappa shape index (κ1) is 22.9. The molecular weight excluding hydrogens is 412 g/mol. The van der Waals surface area contributed by atoms with Crippen molar-refractivity contribution in [3.63, 3.8) is 0 Å². The van der Waals surface area contributed by atoms with Gasteiger partial charge in [-0.05, 0) is 49.1 Å². The van der Waals surface area contributed by atoms with Crippen molar-refractivity contribution in [1.29, 1.82) is 0 Å². The molecule has 1 aromatic carbocycles. The van der Waals surface area contributed by atoms with Crippen molar-refractivity contribution in [3.05, 3.63) is 90.0 Å². The van der Waals surface area contributed by atoms with Gasteiger partial charge in [0.05, 0.1) is 18.7 Å². The summed E-state index contributed by atoms with van der Waals surface area (Å²) >= 11 is 0. The van der Waals surface area contributed by atoms with Crippen molar-refractivity contribution in [2.45, 2.75) is 26.3 Å². The molecule has 2 atom stereocenters. The molecule has 1 saturated heterocycles. The topological polar surface area (TPSA) is 67.3 Å². The lowest BCUT2D eigenvalue weighted by Gasteiger charge is -2.37. The van der Waals surface area contributed by atoms with Crippen molar-refractivity contribution in [2.24, 2.45) is 11.8 Å². The Morgan fingerprint density at radius 3 is 2.67 bits per heavy atom. The van der Waals surface area contributed by atoms with Crippen LogP contribution in [0.2, 0.25) is 0 Å². The molecular formula is C27H32N4O2. The van der Waals surface area contributed by atoms with Gasteiger partial charge in [-0.1, -0.05) is 36.4 Å². The molecule has 3 heterocycles. The van der Waals surface area contributed by atoms with E-state index in [1.807, 2.05) is 37.3 Å². The molecule has 1 amide bonds. The van der Waals surface area contributed by atoms with Crippen molar-refractivity contribution in [1.82, 2.24) is 20.2 Å². The highest BCUT2D eigenvalue weighted by Crippen LogP contribution is 2.24. The molecule has 1 aliphatic rings. The van der Waals surface area contributed by atoms with Gasteiger partial charge in [0.2, 0.25) is 5.91 Å². The molecule has 4 rings (SSSR count). The number of benzene rings is 1. The lowest BCUT2D eigenvalue weighted by molar-refractivity contribution is -0.127. The second-order valence-electron chi connectivity index (χ2n) is 8.82. The Balaban J connectivity index is 1.37. The Bertz CT molecular complexity index is 996. The zero-order chi connectivity index (χ0) is 22.9. The van der Waals surface area contributed by atoms with E-state index in [1.54, 1.807) is 18.6 Å². The van der Waals surface area contributed by atoms with Crippen LogP contribution in [0.3, 0.4) is 0 Å². The largest absolute Gasteiger partial charge is 0.492 e. The number of piperidine rings is 1. The zero-order valence-electron chi connectivity index (χ0n) is 19.2. The molecule has 33 heavy (non-hydrogen) atoms. The van der Waals surface area contributed by atoms with Crippen molar-refractivity contribution in [3.8, 4) is 5.75 Å². The maximum absolute atomic E-state index is 13.0. The van der Waals surface area contributed by atoms with E-state index in [1.165, 1.54) is 5.56 Å². The molecule has 6 heteroatoms. The maximum atomic E-state index is 13.0. The maximum Gasteiger partial charge on any atom is 0.224 e. The first-order valence-electron chi connectivity index (χ1n) is 11.6. The van der Waals surface area contributed by atoms with Crippen LogP contribution < -0.4 is 10.1 Å². The Morgan fingerprint density at radius 1 is 1.06 bits per heavy atom. The standard InChI is InChI=1S/C27H32N4O2/c1-21-9-10-26(17-29-21)33-20-24-14-25(27(32)30-16-23-8-5-12-28-15-23)19-31(18-24)13-11-22-6-3-2-4-7-22/h2-10,12,15,17,24-25H,11,13-14,16,18-20H2,1H3,(H,30,32)/t24-,25+/m0/s1. The zero-order valence-corrected chi connectivity index (χ0v) is 19.2. The number of aryl methyl sites for hydroxylation is 1. The molecule has 0 aliphatic carbocycles. The summed E-state index contributed by atoms with van der Waals surface area (Å²) in [5, 5.41) is 3.11. The van der Waals surface area contributed by atoms with Crippen LogP contribution in [0.1, 0.15) is 23.2 Å². The summed E-state index contributed by atoms with van der Waals surface area (Å²) < 4.78 is 6.04. The summed E-state index contributed by atoms with van der Waals surface area (Å²) in [6.45, 7) is 5.68. The van der Waals surface area contributed by atoms with Gasteiger partial charge in [-0.2, -0.15) is 0 Å². The van der Waals surface area contributed by atoms with Crippen LogP contribution in [0.15, 0.2) is 73.2 Å². The van der Waals surface area contributed by atoms with E-state index in [2.05, 4.69) is 44.5 Å². The van der Waals surface area contributed by atoms with Crippen molar-refractivity contribution in [2.75, 3.05) is 26.2 Å². The van der Waals surface area contributed by atoms with Gasteiger partial charge in [0, 0.05) is 50.2 Å². The summed E-state index contributed by atoms with van der Waals surface area (Å²) in [5.74, 6) is 1.10. The third-order valence-corrected chi connectivity index (χ3v) is 6.10. The van der Waals surface area contributed by atoms with Crippen LogP contribution in [-0.2, 0) is 17.8 Å². The quantitative estimate of drug-likeness (QED) is 0.546. The highest BCUT2D eigenvalue weighted by atomic mass is 16.5. The van der Waals surface area contributed by atoms with Gasteiger partial charge in [-0.3, -0.25) is 14.8 Å². The van der Waals surface area contributed by atoms with E-state index in [0.29, 0.717) is 13.2 Å². The minimum atomic E-state index is -0.0593. The molecule has 172 valence electrons. The molecule has 0 spiro atoms. The Kier molecular flexibility index (Phi) is 8.04. The predicted octanol–water partition coefficient (Wildman–Crippen LogP) is 3.66. The highest BCUT2D eigenvalue weighted by molar-refractivity contribution is 5.79. The summed E-state index contributed by atoms with van der Waals surface area (Å²) in [6.07, 6.45) is 7.09. The average Bonchev–Trinajstić information content (AvgIpc) is 2.87. The second kappa shape index (κ2) is 11.6. The number of likely N-dealkylation sites (tertiary alicyclic amines) is 1. The summed E-state index contributed by atoms with van der Waals surface area (Å²) in [5.41, 5.74) is 3.30. The Labute approximate surface area is 196 Å². The second-order valence-corrected chi connectivity index (χ2v) is 8.82. The first-order chi connectivity index (χ1) is 16.2. The molecule has 1 aliphatic heterocycles. The van der Waals surface area contributed by atoms with Gasteiger partial charge in [0.25, 0.3) is 0 Å². The fourth-order valence-corrected chi connectivity index (χ4v) is 4.32. The molecule has 1 fully saturated rings. The van der Waals surface area contributed by atoms with Crippen LogP contribution in [0.4, 0.5) is 0 Å². The Morgan fingerprint density at radius 2 is 1.91 bits per heavy atom. The van der Waals surface area contributed by atoms with E-state index >= 15 is 0 Å². The highest BCUT2D eigenvalue weighted by Gasteiger charge is 2.31. The summed E-state index contributed by atoms with van der Waals surface area (Å²) in [6, 6.07) is 18.3. The van der Waals surface area contributed by atoms with Gasteiger partial charge in [-0.15, -0.1) is 0 Å². The van der Waals surface area contributed by atoms with Gasteiger partial charge < -0.3 is 15.0 Å². The normalized spacial score (nSPS) is 18.6. The smallest absolute Gasteiger partial charge is 0.224 e. The number of rotatable bonds is 9. The summed E-state index contributed by atoms with van der Waals surface area (Å²) in [4.78, 5) is 23.9. The fourth-order valence-electron chi connectivity index (χ4n) is 4.32. The number of hydrogen-bond acceptors (Lipinski definition) is 5. The molecule has 0 bridgehead atoms. The van der Waals surface area contributed by atoms with Crippen LogP contribution >= 0.6 is 0 Å². The minimum absolute atomic E-state index is 0.0593. The lowest BCUT2D eigenvalue weighted by Crippen LogP contribution is -2.48. The van der Waals surface area contributed by atoms with E-state index in [9.17, 15) is 4.79 Å². The van der Waals surface area contributed by atoms with Crippen LogP contribution in [-0.4, -0.2) is 47.0 Å². The van der Waals surface area contributed by atoms with Crippen molar-refractivity contribution < 1.29 is 9.53 Å². The van der Waals surface area contributed by atoms with Gasteiger partial charge in [-0.25, -0.2) is 0 Å². The van der Waals surface area contributed by atoms with Crippen molar-refractivity contribution >= 4 is 5.91 Å². The number of nitrogens with zero attached hydrogens (tertiary/aromatic N) is 3. The van der Waals surface area contributed by atoms with E-state index in [-0.39, 0.29) is 17.7 Å². The SMILES string of the molecule is Cc1ccc(OC[C@H]2C[C@@H](C(=O)NCc3cccnc3)CN(CCc3ccccc3)C2)cn1. The van der Waals surface area contributed by atoms with E-state index in [0.717, 1.165) is 49.5 Å². The third-order valence-electron chi connectivity index (χ3n) is 6.10. The first-order valence-corrected chi connectivity index (χ1v) is 11.6. The number of pyridine rings is 2. The number of ether oxygens (including phenoxy) is 1. The number of nitrogens with one attached hydrogen (secondary N) is 1. The number of hydrogen-bond donors (Lipinski definition) is 1. The Hall–Kier alpha value is -3.25. The van der Waals surface area contributed by atoms with E-state index < -0.39 is 0 Å². The fraction of sp³-hybridized carbons (Fsp3) is 0.370. The summed E-state index contributed by atoms with van der Waals surface area (Å²) in [7, 11) is 0.